The van der Waals surface area contributed by atoms with Crippen LogP contribution in [0.3, 0.4) is 0 Å². The Labute approximate surface area is 138 Å². The molecule has 0 saturated heterocycles. The molecule has 2 aromatic carbocycles. The zero-order valence-corrected chi connectivity index (χ0v) is 13.6. The Hall–Kier alpha value is -1.91. The van der Waals surface area contributed by atoms with Crippen molar-refractivity contribution in [3.63, 3.8) is 0 Å². The highest BCUT2D eigenvalue weighted by Crippen LogP contribution is 2.25. The molecule has 6 heteroatoms. The Morgan fingerprint density at radius 3 is 2.27 bits per heavy atom. The quantitative estimate of drug-likeness (QED) is 0.877. The van der Waals surface area contributed by atoms with E-state index in [2.05, 4.69) is 5.32 Å². The highest BCUT2D eigenvalue weighted by molar-refractivity contribution is 6.42. The van der Waals surface area contributed by atoms with Crippen molar-refractivity contribution in [2.24, 2.45) is 0 Å². The van der Waals surface area contributed by atoms with Gasteiger partial charge in [-0.05, 0) is 49.4 Å². The zero-order valence-electron chi connectivity index (χ0n) is 12.1. The molecule has 0 aromatic heterocycles. The Kier molecular flexibility index (Phi) is 5.52. The van der Waals surface area contributed by atoms with Crippen molar-refractivity contribution in [1.29, 1.82) is 0 Å². The number of carbonyl (C=O) groups is 1. The molecule has 0 aliphatic heterocycles. The lowest BCUT2D eigenvalue weighted by Gasteiger charge is -2.15. The van der Waals surface area contributed by atoms with Crippen molar-refractivity contribution in [2.75, 3.05) is 12.4 Å². The molecule has 0 bridgehead atoms. The highest BCUT2D eigenvalue weighted by Gasteiger charge is 2.15. The Morgan fingerprint density at radius 2 is 1.68 bits per heavy atom. The number of ether oxygens (including phenoxy) is 2. The van der Waals surface area contributed by atoms with Gasteiger partial charge in [-0.2, -0.15) is 0 Å². The van der Waals surface area contributed by atoms with E-state index in [4.69, 9.17) is 32.7 Å². The molecule has 0 saturated carbocycles. The number of hydrogen-bond acceptors (Lipinski definition) is 3. The van der Waals surface area contributed by atoms with Gasteiger partial charge in [0.25, 0.3) is 5.91 Å². The van der Waals surface area contributed by atoms with Gasteiger partial charge in [-0.15, -0.1) is 0 Å². The summed E-state index contributed by atoms with van der Waals surface area (Å²) in [5.41, 5.74) is 0.560. The highest BCUT2D eigenvalue weighted by atomic mass is 35.5. The van der Waals surface area contributed by atoms with Gasteiger partial charge in [0.2, 0.25) is 0 Å². The molecule has 0 heterocycles. The van der Waals surface area contributed by atoms with E-state index in [1.165, 1.54) is 0 Å². The molecule has 4 nitrogen and oxygen atoms in total. The first-order valence-electron chi connectivity index (χ1n) is 6.56. The van der Waals surface area contributed by atoms with Crippen LogP contribution in [0.1, 0.15) is 6.92 Å². The third-order valence-electron chi connectivity index (χ3n) is 2.93. The summed E-state index contributed by atoms with van der Waals surface area (Å²) >= 11 is 11.7. The standard InChI is InChI=1S/C16H15Cl2NO3/c1-10(22-13-6-4-12(21-2)5-7-13)16(20)19-11-3-8-14(17)15(18)9-11/h3-10H,1-2H3,(H,19,20)/t10-/m0/s1. The lowest BCUT2D eigenvalue weighted by Crippen LogP contribution is -2.30. The molecule has 1 amide bonds. The van der Waals surface area contributed by atoms with Gasteiger partial charge in [-0.3, -0.25) is 4.79 Å². The minimum Gasteiger partial charge on any atom is -0.497 e. The topological polar surface area (TPSA) is 47.6 Å². The molecular formula is C16H15Cl2NO3. The van der Waals surface area contributed by atoms with E-state index >= 15 is 0 Å². The van der Waals surface area contributed by atoms with E-state index in [0.717, 1.165) is 5.75 Å². The van der Waals surface area contributed by atoms with Gasteiger partial charge in [0.15, 0.2) is 6.10 Å². The van der Waals surface area contributed by atoms with Crippen molar-refractivity contribution in [1.82, 2.24) is 0 Å². The molecule has 0 unspecified atom stereocenters. The lowest BCUT2D eigenvalue weighted by molar-refractivity contribution is -0.122. The molecule has 0 fully saturated rings. The van der Waals surface area contributed by atoms with Gasteiger partial charge in [0.05, 0.1) is 17.2 Å². The van der Waals surface area contributed by atoms with Crippen molar-refractivity contribution in [3.05, 3.63) is 52.5 Å². The van der Waals surface area contributed by atoms with Crippen molar-refractivity contribution >= 4 is 34.8 Å². The van der Waals surface area contributed by atoms with E-state index in [9.17, 15) is 4.79 Å². The van der Waals surface area contributed by atoms with Gasteiger partial charge < -0.3 is 14.8 Å². The number of benzene rings is 2. The maximum Gasteiger partial charge on any atom is 0.265 e. The first-order valence-corrected chi connectivity index (χ1v) is 7.32. The molecule has 2 rings (SSSR count). The second kappa shape index (κ2) is 7.38. The smallest absolute Gasteiger partial charge is 0.265 e. The Morgan fingerprint density at radius 1 is 1.05 bits per heavy atom. The van der Waals surface area contributed by atoms with Gasteiger partial charge in [0.1, 0.15) is 11.5 Å². The van der Waals surface area contributed by atoms with Crippen molar-refractivity contribution in [2.45, 2.75) is 13.0 Å². The fourth-order valence-corrected chi connectivity index (χ4v) is 2.03. The van der Waals surface area contributed by atoms with Crippen LogP contribution in [0.15, 0.2) is 42.5 Å². The molecule has 2 aromatic rings. The summed E-state index contributed by atoms with van der Waals surface area (Å²) in [7, 11) is 1.59. The Balaban J connectivity index is 1.97. The molecule has 0 spiro atoms. The number of hydrogen-bond donors (Lipinski definition) is 1. The number of halogens is 2. The Bertz CT molecular complexity index is 659. The number of carbonyl (C=O) groups excluding carboxylic acids is 1. The number of amides is 1. The van der Waals surface area contributed by atoms with Crippen LogP contribution in [-0.4, -0.2) is 19.1 Å². The van der Waals surface area contributed by atoms with Gasteiger partial charge in [-0.25, -0.2) is 0 Å². The number of anilines is 1. The SMILES string of the molecule is COc1ccc(O[C@@H](C)C(=O)Nc2ccc(Cl)c(Cl)c2)cc1. The van der Waals surface area contributed by atoms with Crippen LogP contribution in [-0.2, 0) is 4.79 Å². The maximum atomic E-state index is 12.1. The summed E-state index contributed by atoms with van der Waals surface area (Å²) in [6.45, 7) is 1.66. The van der Waals surface area contributed by atoms with Crippen LogP contribution >= 0.6 is 23.2 Å². The summed E-state index contributed by atoms with van der Waals surface area (Å²) in [5.74, 6) is 1.02. The minimum atomic E-state index is -0.664. The fraction of sp³-hybridized carbons (Fsp3) is 0.188. The summed E-state index contributed by atoms with van der Waals surface area (Å²) in [6.07, 6.45) is -0.664. The largest absolute Gasteiger partial charge is 0.497 e. The van der Waals surface area contributed by atoms with E-state index in [-0.39, 0.29) is 5.91 Å². The monoisotopic (exact) mass is 339 g/mol. The van der Waals surface area contributed by atoms with Gasteiger partial charge >= 0.3 is 0 Å². The van der Waals surface area contributed by atoms with Crippen LogP contribution in [0.25, 0.3) is 0 Å². The number of nitrogens with one attached hydrogen (secondary N) is 1. The second-order valence-corrected chi connectivity index (χ2v) is 5.37. The predicted octanol–water partition coefficient (Wildman–Crippen LogP) is 4.41. The van der Waals surface area contributed by atoms with E-state index in [0.29, 0.717) is 21.5 Å². The average molecular weight is 340 g/mol. The average Bonchev–Trinajstić information content (AvgIpc) is 2.51. The molecular weight excluding hydrogens is 325 g/mol. The number of rotatable bonds is 5. The van der Waals surface area contributed by atoms with Crippen molar-refractivity contribution < 1.29 is 14.3 Å². The minimum absolute atomic E-state index is 0.283. The van der Waals surface area contributed by atoms with Crippen molar-refractivity contribution in [3.8, 4) is 11.5 Å². The molecule has 1 N–H and O–H groups in total. The fourth-order valence-electron chi connectivity index (χ4n) is 1.73. The van der Waals surface area contributed by atoms with Gasteiger partial charge in [-0.1, -0.05) is 23.2 Å². The zero-order chi connectivity index (χ0) is 16.1. The summed E-state index contributed by atoms with van der Waals surface area (Å²) < 4.78 is 10.6. The van der Waals surface area contributed by atoms with E-state index in [1.54, 1.807) is 56.5 Å². The van der Waals surface area contributed by atoms with Crippen LogP contribution in [0.5, 0.6) is 11.5 Å². The van der Waals surface area contributed by atoms with Crippen LogP contribution in [0, 0.1) is 0 Å². The van der Waals surface area contributed by atoms with Crippen LogP contribution in [0.4, 0.5) is 5.69 Å². The van der Waals surface area contributed by atoms with Crippen LogP contribution in [0.2, 0.25) is 10.0 Å². The van der Waals surface area contributed by atoms with Crippen LogP contribution < -0.4 is 14.8 Å². The molecule has 0 radical (unpaired) electrons. The van der Waals surface area contributed by atoms with Gasteiger partial charge in [0, 0.05) is 5.69 Å². The summed E-state index contributed by atoms with van der Waals surface area (Å²) in [6, 6.07) is 11.9. The third kappa shape index (κ3) is 4.29. The molecule has 0 aliphatic carbocycles. The summed E-state index contributed by atoms with van der Waals surface area (Å²) in [5, 5.41) is 3.53. The molecule has 22 heavy (non-hydrogen) atoms. The summed E-state index contributed by atoms with van der Waals surface area (Å²) in [4.78, 5) is 12.1. The molecule has 1 atom stereocenters. The second-order valence-electron chi connectivity index (χ2n) is 4.55. The first kappa shape index (κ1) is 16.5. The van der Waals surface area contributed by atoms with E-state index < -0.39 is 6.10 Å². The lowest BCUT2D eigenvalue weighted by atomic mass is 10.3. The van der Waals surface area contributed by atoms with E-state index in [1.807, 2.05) is 0 Å². The molecule has 0 aliphatic rings. The first-order chi connectivity index (χ1) is 10.5. The maximum absolute atomic E-state index is 12.1. The molecule has 116 valence electrons. The number of methoxy groups -OCH3 is 1. The predicted molar refractivity (Wildman–Crippen MR) is 88.2 cm³/mol. The third-order valence-corrected chi connectivity index (χ3v) is 3.67. The normalized spacial score (nSPS) is 11.6.